The first-order valence-electron chi connectivity index (χ1n) is 9.24. The number of hydrazine groups is 1. The van der Waals surface area contributed by atoms with Gasteiger partial charge in [0.1, 0.15) is 12.1 Å². The highest BCUT2D eigenvalue weighted by molar-refractivity contribution is 5.95. The smallest absolute Gasteiger partial charge is 0.355 e. The molecule has 0 aliphatic rings. The molecule has 1 heterocycles. The molecule has 0 aliphatic heterocycles. The van der Waals surface area contributed by atoms with Crippen molar-refractivity contribution in [1.82, 2.24) is 15.4 Å². The van der Waals surface area contributed by atoms with Gasteiger partial charge in [0.25, 0.3) is 5.91 Å². The third kappa shape index (κ3) is 5.30. The Kier molecular flexibility index (Phi) is 6.85. The number of aromatic nitrogens is 2. The van der Waals surface area contributed by atoms with Crippen LogP contribution >= 0.6 is 0 Å². The third-order valence-electron chi connectivity index (χ3n) is 4.04. The van der Waals surface area contributed by atoms with Crippen molar-refractivity contribution in [1.29, 1.82) is 0 Å². The van der Waals surface area contributed by atoms with Crippen molar-refractivity contribution < 1.29 is 23.6 Å². The fourth-order valence-electron chi connectivity index (χ4n) is 2.60. The van der Waals surface area contributed by atoms with Gasteiger partial charge in [-0.15, -0.1) is 0 Å². The van der Waals surface area contributed by atoms with E-state index in [1.165, 1.54) is 24.3 Å². The number of carbonyl (C=O) groups is 2. The highest BCUT2D eigenvalue weighted by Gasteiger charge is 2.24. The number of ether oxygens (including phenoxy) is 1. The van der Waals surface area contributed by atoms with Crippen LogP contribution in [0.15, 0.2) is 54.9 Å². The molecule has 11 nitrogen and oxygen atoms in total. The van der Waals surface area contributed by atoms with E-state index >= 15 is 0 Å². The number of nitrogens with one attached hydrogen (secondary N) is 3. The van der Waals surface area contributed by atoms with Gasteiger partial charge in [0.15, 0.2) is 0 Å². The first-order chi connectivity index (χ1) is 15.4. The number of amides is 1. The van der Waals surface area contributed by atoms with Crippen LogP contribution in [0.5, 0.6) is 0 Å². The van der Waals surface area contributed by atoms with Crippen LogP contribution in [0.2, 0.25) is 0 Å². The molecule has 1 aromatic heterocycles. The number of nitro groups is 1. The lowest BCUT2D eigenvalue weighted by atomic mass is 10.2. The topological polar surface area (TPSA) is 148 Å². The van der Waals surface area contributed by atoms with Gasteiger partial charge in [-0.05, 0) is 49.4 Å². The SMILES string of the molecule is CCOC(=O)c1cccc(Nc2ncnc(NNC(=O)c3ccc(F)cc3)c2[N+](=O)[O-])c1. The standard InChI is InChI=1S/C20H17FN6O5/c1-2-32-20(29)13-4-3-5-15(10-13)24-17-16(27(30)31)18(23-11-22-17)25-26-19(28)12-6-8-14(21)9-7-12/h3-11H,2H2,1H3,(H,26,28)(H2,22,23,24,25). The van der Waals surface area contributed by atoms with Crippen LogP contribution in [0.3, 0.4) is 0 Å². The quantitative estimate of drug-likeness (QED) is 0.273. The van der Waals surface area contributed by atoms with E-state index in [0.717, 1.165) is 18.5 Å². The number of anilines is 3. The first kappa shape index (κ1) is 22.1. The van der Waals surface area contributed by atoms with Gasteiger partial charge < -0.3 is 10.1 Å². The maximum atomic E-state index is 13.0. The van der Waals surface area contributed by atoms with Crippen LogP contribution in [-0.4, -0.2) is 33.4 Å². The monoisotopic (exact) mass is 440 g/mol. The summed E-state index contributed by atoms with van der Waals surface area (Å²) in [5.41, 5.74) is 4.82. The molecule has 32 heavy (non-hydrogen) atoms. The van der Waals surface area contributed by atoms with Crippen LogP contribution in [0.1, 0.15) is 27.6 Å². The van der Waals surface area contributed by atoms with E-state index in [2.05, 4.69) is 26.1 Å². The summed E-state index contributed by atoms with van der Waals surface area (Å²) in [6, 6.07) is 10.9. The molecule has 3 aromatic rings. The van der Waals surface area contributed by atoms with Gasteiger partial charge in [-0.25, -0.2) is 19.2 Å². The van der Waals surface area contributed by atoms with Crippen LogP contribution in [0.25, 0.3) is 0 Å². The molecule has 0 saturated heterocycles. The van der Waals surface area contributed by atoms with E-state index in [4.69, 9.17) is 4.74 Å². The Labute approximate surface area is 180 Å². The van der Waals surface area contributed by atoms with Gasteiger partial charge in [-0.2, -0.15) is 0 Å². The zero-order valence-corrected chi connectivity index (χ0v) is 16.7. The molecule has 3 N–H and O–H groups in total. The molecule has 0 fully saturated rings. The predicted octanol–water partition coefficient (Wildman–Crippen LogP) is 3.20. The Bertz CT molecular complexity index is 1160. The molecule has 2 aromatic carbocycles. The molecule has 0 atom stereocenters. The molecule has 0 radical (unpaired) electrons. The lowest BCUT2D eigenvalue weighted by Gasteiger charge is -2.11. The Balaban J connectivity index is 1.81. The van der Waals surface area contributed by atoms with Gasteiger partial charge in [0.2, 0.25) is 11.6 Å². The Morgan fingerprint density at radius 2 is 1.81 bits per heavy atom. The average Bonchev–Trinajstić information content (AvgIpc) is 2.78. The molecule has 0 bridgehead atoms. The van der Waals surface area contributed by atoms with E-state index in [-0.39, 0.29) is 29.4 Å². The largest absolute Gasteiger partial charge is 0.462 e. The number of hydrogen-bond acceptors (Lipinski definition) is 9. The van der Waals surface area contributed by atoms with E-state index in [0.29, 0.717) is 5.69 Å². The highest BCUT2D eigenvalue weighted by atomic mass is 19.1. The molecular weight excluding hydrogens is 423 g/mol. The van der Waals surface area contributed by atoms with E-state index in [9.17, 15) is 24.1 Å². The van der Waals surface area contributed by atoms with Gasteiger partial charge >= 0.3 is 11.7 Å². The summed E-state index contributed by atoms with van der Waals surface area (Å²) in [5, 5.41) is 14.4. The van der Waals surface area contributed by atoms with Crippen molar-refractivity contribution in [2.45, 2.75) is 6.92 Å². The lowest BCUT2D eigenvalue weighted by Crippen LogP contribution is -2.30. The van der Waals surface area contributed by atoms with Gasteiger partial charge in [-0.1, -0.05) is 6.07 Å². The number of benzene rings is 2. The van der Waals surface area contributed by atoms with Crippen LogP contribution < -0.4 is 16.2 Å². The molecule has 0 spiro atoms. The lowest BCUT2D eigenvalue weighted by molar-refractivity contribution is -0.383. The molecule has 12 heteroatoms. The van der Waals surface area contributed by atoms with E-state index < -0.39 is 28.3 Å². The summed E-state index contributed by atoms with van der Waals surface area (Å²) in [4.78, 5) is 42.7. The molecule has 0 saturated carbocycles. The minimum atomic E-state index is -0.732. The number of hydrogen-bond donors (Lipinski definition) is 3. The summed E-state index contributed by atoms with van der Waals surface area (Å²) >= 11 is 0. The van der Waals surface area contributed by atoms with Gasteiger partial charge in [0, 0.05) is 11.3 Å². The number of halogens is 1. The Hall–Kier alpha value is -4.61. The first-order valence-corrected chi connectivity index (χ1v) is 9.24. The van der Waals surface area contributed by atoms with Gasteiger partial charge in [-0.3, -0.25) is 25.8 Å². The molecule has 0 aliphatic carbocycles. The summed E-state index contributed by atoms with van der Waals surface area (Å²) in [7, 11) is 0. The normalized spacial score (nSPS) is 10.2. The molecule has 1 amide bonds. The summed E-state index contributed by atoms with van der Waals surface area (Å²) in [6.45, 7) is 1.88. The zero-order valence-electron chi connectivity index (χ0n) is 16.7. The third-order valence-corrected chi connectivity index (χ3v) is 4.04. The van der Waals surface area contributed by atoms with Crippen molar-refractivity contribution >= 4 is 34.9 Å². The number of esters is 1. The molecule has 0 unspecified atom stereocenters. The average molecular weight is 440 g/mol. The van der Waals surface area contributed by atoms with Crippen LogP contribution in [0, 0.1) is 15.9 Å². The Morgan fingerprint density at radius 1 is 1.09 bits per heavy atom. The van der Waals surface area contributed by atoms with E-state index in [1.807, 2.05) is 0 Å². The minimum absolute atomic E-state index is 0.129. The van der Waals surface area contributed by atoms with Crippen molar-refractivity contribution in [2.24, 2.45) is 0 Å². The zero-order chi connectivity index (χ0) is 23.1. The minimum Gasteiger partial charge on any atom is -0.462 e. The number of carbonyl (C=O) groups excluding carboxylic acids is 2. The van der Waals surface area contributed by atoms with Crippen molar-refractivity contribution in [3.05, 3.63) is 81.9 Å². The summed E-state index contributed by atoms with van der Waals surface area (Å²) in [5.74, 6) is -2.17. The molecular formula is C20H17FN6O5. The predicted molar refractivity (Wildman–Crippen MR) is 112 cm³/mol. The molecule has 164 valence electrons. The van der Waals surface area contributed by atoms with Crippen LogP contribution in [0.4, 0.5) is 27.4 Å². The van der Waals surface area contributed by atoms with Gasteiger partial charge in [0.05, 0.1) is 17.1 Å². The van der Waals surface area contributed by atoms with Crippen molar-refractivity contribution in [2.75, 3.05) is 17.3 Å². The second-order valence-electron chi connectivity index (χ2n) is 6.19. The second-order valence-corrected chi connectivity index (χ2v) is 6.19. The van der Waals surface area contributed by atoms with E-state index in [1.54, 1.807) is 19.1 Å². The maximum absolute atomic E-state index is 13.0. The highest BCUT2D eigenvalue weighted by Crippen LogP contribution is 2.31. The summed E-state index contributed by atoms with van der Waals surface area (Å²) < 4.78 is 17.9. The fraction of sp³-hybridized carbons (Fsp3) is 0.100. The van der Waals surface area contributed by atoms with Crippen molar-refractivity contribution in [3.63, 3.8) is 0 Å². The fourth-order valence-corrected chi connectivity index (χ4v) is 2.60. The maximum Gasteiger partial charge on any atom is 0.355 e. The Morgan fingerprint density at radius 3 is 2.50 bits per heavy atom. The second kappa shape index (κ2) is 9.93. The summed E-state index contributed by atoms with van der Waals surface area (Å²) in [6.07, 6.45) is 1.05. The number of nitrogens with zero attached hydrogens (tertiary/aromatic N) is 3. The van der Waals surface area contributed by atoms with Crippen molar-refractivity contribution in [3.8, 4) is 0 Å². The molecule has 3 rings (SSSR count). The number of rotatable bonds is 8. The van der Waals surface area contributed by atoms with Crippen LogP contribution in [-0.2, 0) is 4.74 Å².